The normalized spacial score (nSPS) is 16.3. The van der Waals surface area contributed by atoms with E-state index in [9.17, 15) is 0 Å². The van der Waals surface area contributed by atoms with Crippen molar-refractivity contribution in [3.8, 4) is 11.5 Å². The molecule has 0 saturated carbocycles. The van der Waals surface area contributed by atoms with Crippen LogP contribution in [0.1, 0.15) is 17.5 Å². The average molecular weight is 307 g/mol. The van der Waals surface area contributed by atoms with E-state index in [0.717, 1.165) is 30.3 Å². The number of hydrogen-bond acceptors (Lipinski definition) is 4. The number of benzene rings is 2. The quantitative estimate of drug-likeness (QED) is 0.743. The molecule has 0 radical (unpaired) electrons. The van der Waals surface area contributed by atoms with E-state index in [1.165, 1.54) is 5.56 Å². The molecule has 0 amide bonds. The van der Waals surface area contributed by atoms with Gasteiger partial charge in [0.2, 0.25) is 0 Å². The van der Waals surface area contributed by atoms with Crippen LogP contribution in [0.25, 0.3) is 0 Å². The zero-order valence-corrected chi connectivity index (χ0v) is 12.6. The van der Waals surface area contributed by atoms with Crippen LogP contribution < -0.4 is 9.47 Å². The van der Waals surface area contributed by atoms with Gasteiger partial charge in [-0.3, -0.25) is 0 Å². The Kier molecular flexibility index (Phi) is 3.68. The first-order chi connectivity index (χ1) is 11.4. The van der Waals surface area contributed by atoms with Crippen LogP contribution in [0.15, 0.2) is 60.9 Å². The van der Waals surface area contributed by atoms with Crippen LogP contribution in [0.5, 0.6) is 11.5 Å². The molecule has 0 bridgehead atoms. The lowest BCUT2D eigenvalue weighted by molar-refractivity contribution is 0.0815. The summed E-state index contributed by atoms with van der Waals surface area (Å²) in [6.45, 7) is 1.21. The minimum Gasteiger partial charge on any atom is -0.485 e. The fraction of sp³-hybridized carbons (Fsp3) is 0.222. The van der Waals surface area contributed by atoms with Gasteiger partial charge in [0.05, 0.1) is 0 Å². The zero-order valence-electron chi connectivity index (χ0n) is 12.6. The van der Waals surface area contributed by atoms with Gasteiger partial charge in [-0.05, 0) is 24.1 Å². The molecule has 5 nitrogen and oxygen atoms in total. The molecule has 3 aromatic rings. The van der Waals surface area contributed by atoms with Gasteiger partial charge in [0.25, 0.3) is 0 Å². The Hall–Kier alpha value is -2.82. The van der Waals surface area contributed by atoms with Gasteiger partial charge in [-0.25, -0.2) is 9.67 Å². The van der Waals surface area contributed by atoms with Gasteiger partial charge in [-0.15, -0.1) is 0 Å². The third-order valence-electron chi connectivity index (χ3n) is 3.90. The molecule has 5 heteroatoms. The van der Waals surface area contributed by atoms with Crippen molar-refractivity contribution in [2.24, 2.45) is 0 Å². The van der Waals surface area contributed by atoms with Crippen molar-refractivity contribution in [2.75, 3.05) is 6.61 Å². The lowest BCUT2D eigenvalue weighted by Gasteiger charge is -2.26. The second-order valence-corrected chi connectivity index (χ2v) is 5.44. The second-order valence-electron chi connectivity index (χ2n) is 5.44. The predicted octanol–water partition coefficient (Wildman–Crippen LogP) is 3.03. The van der Waals surface area contributed by atoms with Crippen LogP contribution in [0, 0.1) is 0 Å². The van der Waals surface area contributed by atoms with E-state index in [2.05, 4.69) is 22.2 Å². The number of para-hydroxylation sites is 2. The summed E-state index contributed by atoms with van der Waals surface area (Å²) in [7, 11) is 0. The maximum atomic E-state index is 6.02. The molecule has 1 unspecified atom stereocenters. The van der Waals surface area contributed by atoms with Gasteiger partial charge in [0.1, 0.15) is 12.9 Å². The van der Waals surface area contributed by atoms with Gasteiger partial charge in [-0.2, -0.15) is 5.10 Å². The highest BCUT2D eigenvalue weighted by atomic mass is 16.6. The summed E-state index contributed by atoms with van der Waals surface area (Å²) >= 11 is 0. The lowest BCUT2D eigenvalue weighted by atomic mass is 10.1. The van der Waals surface area contributed by atoms with Crippen molar-refractivity contribution >= 4 is 0 Å². The van der Waals surface area contributed by atoms with E-state index in [1.54, 1.807) is 6.33 Å². The number of ether oxygens (including phenoxy) is 2. The monoisotopic (exact) mass is 307 g/mol. The van der Waals surface area contributed by atoms with E-state index >= 15 is 0 Å². The molecule has 1 aromatic heterocycles. The molecular weight excluding hydrogens is 290 g/mol. The Morgan fingerprint density at radius 2 is 1.78 bits per heavy atom. The Labute approximate surface area is 134 Å². The summed E-state index contributed by atoms with van der Waals surface area (Å²) in [4.78, 5) is 4.37. The number of rotatable bonds is 4. The van der Waals surface area contributed by atoms with Gasteiger partial charge in [-0.1, -0.05) is 42.5 Å². The smallest absolute Gasteiger partial charge is 0.191 e. The fourth-order valence-electron chi connectivity index (χ4n) is 2.72. The highest BCUT2D eigenvalue weighted by Gasteiger charge is 2.26. The zero-order chi connectivity index (χ0) is 15.5. The largest absolute Gasteiger partial charge is 0.485 e. The van der Waals surface area contributed by atoms with Crippen molar-refractivity contribution in [3.63, 3.8) is 0 Å². The third kappa shape index (κ3) is 2.90. The first kappa shape index (κ1) is 13.8. The summed E-state index contributed by atoms with van der Waals surface area (Å²) < 4.78 is 13.7. The molecule has 2 aromatic carbocycles. The molecule has 0 N–H and O–H groups in total. The van der Waals surface area contributed by atoms with Crippen molar-refractivity contribution < 1.29 is 9.47 Å². The molecule has 0 spiro atoms. The highest BCUT2D eigenvalue weighted by molar-refractivity contribution is 5.41. The second kappa shape index (κ2) is 6.12. The Bertz CT molecular complexity index is 786. The van der Waals surface area contributed by atoms with Gasteiger partial charge < -0.3 is 9.47 Å². The van der Waals surface area contributed by atoms with E-state index in [4.69, 9.17) is 9.47 Å². The molecule has 0 fully saturated rings. The molecule has 2 heterocycles. The molecule has 0 saturated heterocycles. The van der Waals surface area contributed by atoms with E-state index in [1.807, 2.05) is 47.1 Å². The van der Waals surface area contributed by atoms with Crippen LogP contribution in [0.2, 0.25) is 0 Å². The van der Waals surface area contributed by atoms with Gasteiger partial charge in [0, 0.05) is 6.54 Å². The van der Waals surface area contributed by atoms with Crippen LogP contribution in [-0.4, -0.2) is 21.4 Å². The molecule has 116 valence electrons. The fourth-order valence-corrected chi connectivity index (χ4v) is 2.72. The Morgan fingerprint density at radius 1 is 1.00 bits per heavy atom. The summed E-state index contributed by atoms with van der Waals surface area (Å²) in [6, 6.07) is 18.0. The number of nitrogens with zero attached hydrogens (tertiary/aromatic N) is 3. The van der Waals surface area contributed by atoms with Crippen LogP contribution in [-0.2, 0) is 13.0 Å². The van der Waals surface area contributed by atoms with Crippen LogP contribution >= 0.6 is 0 Å². The number of aromatic nitrogens is 3. The average Bonchev–Trinajstić information content (AvgIpc) is 3.09. The lowest BCUT2D eigenvalue weighted by Crippen LogP contribution is -2.25. The van der Waals surface area contributed by atoms with Crippen molar-refractivity contribution in [3.05, 3.63) is 72.3 Å². The summed E-state index contributed by atoms with van der Waals surface area (Å²) in [5, 5.41) is 4.33. The van der Waals surface area contributed by atoms with Crippen molar-refractivity contribution in [2.45, 2.75) is 19.1 Å². The molecule has 23 heavy (non-hydrogen) atoms. The maximum Gasteiger partial charge on any atom is 0.191 e. The van der Waals surface area contributed by atoms with E-state index in [0.29, 0.717) is 6.61 Å². The maximum absolute atomic E-state index is 6.02. The number of aryl methyl sites for hydroxylation is 2. The molecule has 0 aliphatic carbocycles. The van der Waals surface area contributed by atoms with Gasteiger partial charge in [0.15, 0.2) is 23.4 Å². The van der Waals surface area contributed by atoms with Crippen LogP contribution in [0.4, 0.5) is 0 Å². The standard InChI is InChI=1S/C18H17N3O2/c1-2-6-14(7-3-1)10-11-21-18(19-13-20-21)17-12-22-15-8-4-5-9-16(15)23-17/h1-9,13,17H,10-12H2. The van der Waals surface area contributed by atoms with Crippen molar-refractivity contribution in [1.82, 2.24) is 14.8 Å². The van der Waals surface area contributed by atoms with Crippen LogP contribution in [0.3, 0.4) is 0 Å². The van der Waals surface area contributed by atoms with Gasteiger partial charge >= 0.3 is 0 Å². The third-order valence-corrected chi connectivity index (χ3v) is 3.90. The Morgan fingerprint density at radius 3 is 2.65 bits per heavy atom. The molecule has 1 atom stereocenters. The number of hydrogen-bond donors (Lipinski definition) is 0. The number of fused-ring (bicyclic) bond motifs is 1. The van der Waals surface area contributed by atoms with Crippen molar-refractivity contribution in [1.29, 1.82) is 0 Å². The SMILES string of the molecule is c1ccc(CCn2ncnc2C2COc3ccccc3O2)cc1. The van der Waals surface area contributed by atoms with E-state index in [-0.39, 0.29) is 6.10 Å². The summed E-state index contributed by atoms with van der Waals surface area (Å²) in [5.41, 5.74) is 1.28. The first-order valence-electron chi connectivity index (χ1n) is 7.70. The molecule has 1 aliphatic heterocycles. The highest BCUT2D eigenvalue weighted by Crippen LogP contribution is 2.35. The minimum atomic E-state index is -0.233. The Balaban J connectivity index is 1.49. The molecule has 4 rings (SSSR count). The molecule has 1 aliphatic rings. The first-order valence-corrected chi connectivity index (χ1v) is 7.70. The predicted molar refractivity (Wildman–Crippen MR) is 85.5 cm³/mol. The molecular formula is C18H17N3O2. The minimum absolute atomic E-state index is 0.233. The van der Waals surface area contributed by atoms with E-state index < -0.39 is 0 Å². The summed E-state index contributed by atoms with van der Waals surface area (Å²) in [5.74, 6) is 2.33. The summed E-state index contributed by atoms with van der Waals surface area (Å²) in [6.07, 6.45) is 2.24. The topological polar surface area (TPSA) is 49.2 Å².